The number of nitrogens with zero attached hydrogens (tertiary/aromatic N) is 1. The molecular weight excluding hydrogens is 358 g/mol. The van der Waals surface area contributed by atoms with Gasteiger partial charge in [-0.25, -0.2) is 4.98 Å². The van der Waals surface area contributed by atoms with Gasteiger partial charge in [-0.15, -0.1) is 0 Å². The van der Waals surface area contributed by atoms with Crippen molar-refractivity contribution in [1.82, 2.24) is 15.3 Å². The number of hydrogen-bond donors (Lipinski definition) is 4. The summed E-state index contributed by atoms with van der Waals surface area (Å²) in [6.07, 6.45) is -0.0214. The SMILES string of the molecule is CNC(=O)Cc1cc(=O)[nH]c(SCC(=O)Nc2ccc(C(N)=O)cc2)n1. The van der Waals surface area contributed by atoms with Gasteiger partial charge >= 0.3 is 0 Å². The highest BCUT2D eigenvalue weighted by molar-refractivity contribution is 7.99. The molecule has 0 fully saturated rings. The smallest absolute Gasteiger partial charge is 0.251 e. The lowest BCUT2D eigenvalue weighted by atomic mass is 10.2. The maximum Gasteiger partial charge on any atom is 0.251 e. The van der Waals surface area contributed by atoms with Gasteiger partial charge in [-0.3, -0.25) is 19.2 Å². The van der Waals surface area contributed by atoms with Gasteiger partial charge in [0, 0.05) is 24.4 Å². The molecule has 0 bridgehead atoms. The number of H-pyrrole nitrogens is 1. The van der Waals surface area contributed by atoms with E-state index in [1.54, 1.807) is 12.1 Å². The number of nitrogens with two attached hydrogens (primary N) is 1. The molecule has 0 saturated heterocycles. The number of rotatable bonds is 7. The molecule has 0 radical (unpaired) electrons. The Morgan fingerprint density at radius 2 is 1.88 bits per heavy atom. The van der Waals surface area contributed by atoms with E-state index in [4.69, 9.17) is 5.73 Å². The molecule has 136 valence electrons. The summed E-state index contributed by atoms with van der Waals surface area (Å²) < 4.78 is 0. The van der Waals surface area contributed by atoms with Crippen LogP contribution in [0.1, 0.15) is 16.1 Å². The number of amides is 3. The maximum absolute atomic E-state index is 12.0. The van der Waals surface area contributed by atoms with Gasteiger partial charge in [-0.1, -0.05) is 11.8 Å². The van der Waals surface area contributed by atoms with Crippen LogP contribution in [-0.4, -0.2) is 40.5 Å². The Morgan fingerprint density at radius 3 is 2.50 bits per heavy atom. The van der Waals surface area contributed by atoms with Crippen LogP contribution in [0.4, 0.5) is 5.69 Å². The molecule has 3 amide bonds. The van der Waals surface area contributed by atoms with Crippen LogP contribution in [0.5, 0.6) is 0 Å². The molecule has 10 heteroatoms. The summed E-state index contributed by atoms with van der Waals surface area (Å²) in [6, 6.07) is 7.37. The van der Waals surface area contributed by atoms with Gasteiger partial charge in [-0.05, 0) is 24.3 Å². The third kappa shape index (κ3) is 5.74. The van der Waals surface area contributed by atoms with Crippen LogP contribution < -0.4 is 21.9 Å². The van der Waals surface area contributed by atoms with Gasteiger partial charge in [0.15, 0.2) is 5.16 Å². The van der Waals surface area contributed by atoms with Crippen LogP contribution in [0.3, 0.4) is 0 Å². The Labute approximate surface area is 152 Å². The van der Waals surface area contributed by atoms with E-state index >= 15 is 0 Å². The fourth-order valence-electron chi connectivity index (χ4n) is 1.94. The van der Waals surface area contributed by atoms with Crippen LogP contribution in [-0.2, 0) is 16.0 Å². The van der Waals surface area contributed by atoms with Crippen molar-refractivity contribution in [2.45, 2.75) is 11.6 Å². The van der Waals surface area contributed by atoms with Crippen molar-refractivity contribution >= 4 is 35.2 Å². The van der Waals surface area contributed by atoms with Crippen molar-refractivity contribution in [3.8, 4) is 0 Å². The Morgan fingerprint density at radius 1 is 1.19 bits per heavy atom. The number of anilines is 1. The molecular formula is C16H17N5O4S. The zero-order valence-corrected chi connectivity index (χ0v) is 14.7. The first kappa shape index (κ1) is 19.2. The molecule has 0 aliphatic rings. The van der Waals surface area contributed by atoms with Crippen molar-refractivity contribution in [2.24, 2.45) is 5.73 Å². The Bertz CT molecular complexity index is 879. The van der Waals surface area contributed by atoms with Crippen LogP contribution in [0.2, 0.25) is 0 Å². The zero-order valence-electron chi connectivity index (χ0n) is 13.9. The lowest BCUT2D eigenvalue weighted by Crippen LogP contribution is -2.22. The van der Waals surface area contributed by atoms with E-state index in [0.29, 0.717) is 16.9 Å². The molecule has 1 aromatic heterocycles. The molecule has 0 aliphatic carbocycles. The Hall–Kier alpha value is -3.14. The van der Waals surface area contributed by atoms with Crippen LogP contribution in [0.15, 0.2) is 40.3 Å². The van der Waals surface area contributed by atoms with Gasteiger partial charge < -0.3 is 21.4 Å². The molecule has 0 atom stereocenters. The van der Waals surface area contributed by atoms with Gasteiger partial charge in [0.2, 0.25) is 17.7 Å². The highest BCUT2D eigenvalue weighted by Gasteiger charge is 2.09. The molecule has 0 saturated carbocycles. The number of aromatic nitrogens is 2. The zero-order chi connectivity index (χ0) is 19.1. The minimum Gasteiger partial charge on any atom is -0.366 e. The van der Waals surface area contributed by atoms with Crippen molar-refractivity contribution in [2.75, 3.05) is 18.1 Å². The molecule has 5 N–H and O–H groups in total. The average molecular weight is 375 g/mol. The van der Waals surface area contributed by atoms with Gasteiger partial charge in [0.1, 0.15) is 0 Å². The second kappa shape index (κ2) is 8.81. The van der Waals surface area contributed by atoms with E-state index in [1.807, 2.05) is 0 Å². The highest BCUT2D eigenvalue weighted by atomic mass is 32.2. The number of primary amides is 1. The first-order chi connectivity index (χ1) is 12.4. The predicted molar refractivity (Wildman–Crippen MR) is 96.9 cm³/mol. The van der Waals surface area contributed by atoms with Crippen LogP contribution in [0, 0.1) is 0 Å². The van der Waals surface area contributed by atoms with Gasteiger partial charge in [0.25, 0.3) is 5.56 Å². The molecule has 1 heterocycles. The van der Waals surface area contributed by atoms with Gasteiger partial charge in [0.05, 0.1) is 17.9 Å². The number of carbonyl (C=O) groups is 3. The molecule has 9 nitrogen and oxygen atoms in total. The third-order valence-corrected chi connectivity index (χ3v) is 4.06. The predicted octanol–water partition coefficient (Wildman–Crippen LogP) is -0.112. The molecule has 1 aromatic carbocycles. The molecule has 0 unspecified atom stereocenters. The summed E-state index contributed by atoms with van der Waals surface area (Å²) in [7, 11) is 1.49. The first-order valence-electron chi connectivity index (χ1n) is 7.50. The summed E-state index contributed by atoms with van der Waals surface area (Å²) in [5.74, 6) is -1.13. The second-order valence-electron chi connectivity index (χ2n) is 5.17. The minimum atomic E-state index is -0.551. The van der Waals surface area contributed by atoms with Crippen molar-refractivity contribution in [3.63, 3.8) is 0 Å². The number of nitrogens with one attached hydrogen (secondary N) is 3. The summed E-state index contributed by atoms with van der Waals surface area (Å²) in [4.78, 5) is 52.7. The Balaban J connectivity index is 1.95. The molecule has 2 rings (SSSR count). The molecule has 2 aromatic rings. The van der Waals surface area contributed by atoms with Crippen LogP contribution >= 0.6 is 11.8 Å². The molecule has 0 aliphatic heterocycles. The van der Waals surface area contributed by atoms with E-state index in [1.165, 1.54) is 25.2 Å². The summed E-state index contributed by atoms with van der Waals surface area (Å²) in [6.45, 7) is 0. The first-order valence-corrected chi connectivity index (χ1v) is 8.49. The largest absolute Gasteiger partial charge is 0.366 e. The standard InChI is InChI=1S/C16H17N5O4S/c1-18-12(22)6-11-7-13(23)21-16(20-11)26-8-14(24)19-10-4-2-9(3-5-10)15(17)25/h2-5,7H,6,8H2,1H3,(H2,17,25)(H,18,22)(H,19,24)(H,20,21,23). The lowest BCUT2D eigenvalue weighted by Gasteiger charge is -2.06. The number of likely N-dealkylation sites (N-methyl/N-ethyl adjacent to an activating group) is 1. The van der Waals surface area contributed by atoms with E-state index < -0.39 is 11.5 Å². The van der Waals surface area contributed by atoms with Crippen LogP contribution in [0.25, 0.3) is 0 Å². The fraction of sp³-hybridized carbons (Fsp3) is 0.188. The monoisotopic (exact) mass is 375 g/mol. The van der Waals surface area contributed by atoms with E-state index in [9.17, 15) is 19.2 Å². The average Bonchev–Trinajstić information content (AvgIpc) is 2.60. The number of benzene rings is 1. The number of aromatic amines is 1. The lowest BCUT2D eigenvalue weighted by molar-refractivity contribution is -0.120. The summed E-state index contributed by atoms with van der Waals surface area (Å²) >= 11 is 1.03. The van der Waals surface area contributed by atoms with Crippen molar-refractivity contribution < 1.29 is 14.4 Å². The third-order valence-electron chi connectivity index (χ3n) is 3.19. The normalized spacial score (nSPS) is 10.2. The highest BCUT2D eigenvalue weighted by Crippen LogP contribution is 2.14. The topological polar surface area (TPSA) is 147 Å². The maximum atomic E-state index is 12.0. The van der Waals surface area contributed by atoms with E-state index in [0.717, 1.165) is 11.8 Å². The molecule has 26 heavy (non-hydrogen) atoms. The quantitative estimate of drug-likeness (QED) is 0.392. The summed E-state index contributed by atoms with van der Waals surface area (Å²) in [5.41, 5.74) is 5.92. The van der Waals surface area contributed by atoms with E-state index in [-0.39, 0.29) is 29.1 Å². The second-order valence-corrected chi connectivity index (χ2v) is 6.13. The van der Waals surface area contributed by atoms with E-state index in [2.05, 4.69) is 20.6 Å². The summed E-state index contributed by atoms with van der Waals surface area (Å²) in [5, 5.41) is 5.35. The fourth-order valence-corrected chi connectivity index (χ4v) is 2.64. The minimum absolute atomic E-state index is 0.00391. The number of carbonyl (C=O) groups excluding carboxylic acids is 3. The van der Waals surface area contributed by atoms with Gasteiger partial charge in [-0.2, -0.15) is 0 Å². The number of hydrogen-bond acceptors (Lipinski definition) is 6. The number of thioether (sulfide) groups is 1. The van der Waals surface area contributed by atoms with Crippen molar-refractivity contribution in [3.05, 3.63) is 51.9 Å². The molecule has 0 spiro atoms. The van der Waals surface area contributed by atoms with Crippen molar-refractivity contribution in [1.29, 1.82) is 0 Å². The Kier molecular flexibility index (Phi) is 6.50.